The average molecular weight is 277 g/mol. The summed E-state index contributed by atoms with van der Waals surface area (Å²) in [5.74, 6) is 0.925. The Morgan fingerprint density at radius 2 is 2.10 bits per heavy atom. The maximum atomic E-state index is 5.78. The third-order valence-corrected chi connectivity index (χ3v) is 3.98. The molecule has 0 spiro atoms. The Morgan fingerprint density at radius 3 is 2.80 bits per heavy atom. The van der Waals surface area contributed by atoms with E-state index in [0.29, 0.717) is 12.1 Å². The van der Waals surface area contributed by atoms with E-state index in [1.807, 2.05) is 12.1 Å². The molecule has 0 aromatic heterocycles. The molecule has 1 N–H and O–H groups in total. The van der Waals surface area contributed by atoms with Crippen LogP contribution in [0, 0.1) is 0 Å². The van der Waals surface area contributed by atoms with Gasteiger partial charge in [0.15, 0.2) is 0 Å². The number of benzene rings is 1. The molecule has 1 saturated heterocycles. The van der Waals surface area contributed by atoms with Gasteiger partial charge in [0.25, 0.3) is 0 Å². The molecule has 0 amide bonds. The molecule has 1 fully saturated rings. The van der Waals surface area contributed by atoms with Crippen molar-refractivity contribution >= 4 is 0 Å². The topological polar surface area (TPSA) is 30.5 Å². The van der Waals surface area contributed by atoms with Gasteiger partial charge >= 0.3 is 0 Å². The highest BCUT2D eigenvalue weighted by Crippen LogP contribution is 2.18. The highest BCUT2D eigenvalue weighted by molar-refractivity contribution is 5.27. The second-order valence-electron chi connectivity index (χ2n) is 5.55. The third-order valence-electron chi connectivity index (χ3n) is 3.98. The molecule has 2 rings (SSSR count). The van der Waals surface area contributed by atoms with E-state index in [4.69, 9.17) is 9.47 Å². The summed E-state index contributed by atoms with van der Waals surface area (Å²) < 4.78 is 11.0. The Labute approximate surface area is 122 Å². The van der Waals surface area contributed by atoms with Crippen LogP contribution in [-0.2, 0) is 11.2 Å². The van der Waals surface area contributed by atoms with Gasteiger partial charge in [-0.05, 0) is 49.9 Å². The minimum atomic E-state index is 0.465. The van der Waals surface area contributed by atoms with Crippen LogP contribution in [-0.4, -0.2) is 32.4 Å². The summed E-state index contributed by atoms with van der Waals surface area (Å²) in [6.45, 7) is 4.17. The highest BCUT2D eigenvalue weighted by atomic mass is 16.5. The van der Waals surface area contributed by atoms with Crippen LogP contribution in [0.1, 0.15) is 38.2 Å². The number of methoxy groups -OCH3 is 1. The van der Waals surface area contributed by atoms with Crippen LogP contribution in [0.5, 0.6) is 5.75 Å². The molecule has 112 valence electrons. The Morgan fingerprint density at radius 1 is 1.30 bits per heavy atom. The molecule has 1 aromatic carbocycles. The number of rotatable bonds is 7. The minimum Gasteiger partial charge on any atom is -0.497 e. The predicted molar refractivity (Wildman–Crippen MR) is 82.4 cm³/mol. The zero-order valence-electron chi connectivity index (χ0n) is 12.7. The number of nitrogens with one attached hydrogen (secondary N) is 1. The smallest absolute Gasteiger partial charge is 0.118 e. The molecule has 1 aliphatic heterocycles. The van der Waals surface area contributed by atoms with Crippen LogP contribution < -0.4 is 10.1 Å². The number of hydrogen-bond acceptors (Lipinski definition) is 3. The molecule has 20 heavy (non-hydrogen) atoms. The van der Waals surface area contributed by atoms with E-state index in [2.05, 4.69) is 24.4 Å². The van der Waals surface area contributed by atoms with Crippen LogP contribution in [0.15, 0.2) is 24.3 Å². The van der Waals surface area contributed by atoms with Crippen LogP contribution >= 0.6 is 0 Å². The fourth-order valence-corrected chi connectivity index (χ4v) is 2.80. The summed E-state index contributed by atoms with van der Waals surface area (Å²) >= 11 is 0. The van der Waals surface area contributed by atoms with Gasteiger partial charge in [0.05, 0.1) is 13.2 Å². The molecule has 1 aliphatic rings. The average Bonchev–Trinajstić information content (AvgIpc) is 2.49. The van der Waals surface area contributed by atoms with Crippen molar-refractivity contribution in [2.24, 2.45) is 0 Å². The predicted octanol–water partition coefficient (Wildman–Crippen LogP) is 3.18. The molecule has 0 radical (unpaired) electrons. The standard InChI is InChI=1S/C17H27NO2/c1-3-4-17-13-15(10-12-20-17)18-11-9-14-5-7-16(19-2)8-6-14/h5-8,15,17-18H,3-4,9-13H2,1-2H3. The van der Waals surface area contributed by atoms with Crippen molar-refractivity contribution in [3.8, 4) is 5.75 Å². The number of hydrogen-bond donors (Lipinski definition) is 1. The summed E-state index contributed by atoms with van der Waals surface area (Å²) in [5.41, 5.74) is 1.36. The van der Waals surface area contributed by atoms with Gasteiger partial charge in [0.2, 0.25) is 0 Å². The summed E-state index contributed by atoms with van der Waals surface area (Å²) in [6.07, 6.45) is 6.24. The van der Waals surface area contributed by atoms with Gasteiger partial charge in [-0.1, -0.05) is 25.5 Å². The first-order valence-electron chi connectivity index (χ1n) is 7.79. The van der Waals surface area contributed by atoms with Crippen molar-refractivity contribution in [1.29, 1.82) is 0 Å². The molecular formula is C17H27NO2. The van der Waals surface area contributed by atoms with Gasteiger partial charge in [0.1, 0.15) is 5.75 Å². The summed E-state index contributed by atoms with van der Waals surface area (Å²) in [4.78, 5) is 0. The first-order chi connectivity index (χ1) is 9.81. The molecule has 2 unspecified atom stereocenters. The minimum absolute atomic E-state index is 0.465. The molecular weight excluding hydrogens is 250 g/mol. The van der Waals surface area contributed by atoms with Crippen molar-refractivity contribution in [1.82, 2.24) is 5.32 Å². The van der Waals surface area contributed by atoms with Crippen LogP contribution in [0.25, 0.3) is 0 Å². The Bertz CT molecular complexity index is 375. The van der Waals surface area contributed by atoms with Gasteiger partial charge in [-0.15, -0.1) is 0 Å². The maximum Gasteiger partial charge on any atom is 0.118 e. The largest absolute Gasteiger partial charge is 0.497 e. The fourth-order valence-electron chi connectivity index (χ4n) is 2.80. The van der Waals surface area contributed by atoms with Gasteiger partial charge in [-0.3, -0.25) is 0 Å². The summed E-state index contributed by atoms with van der Waals surface area (Å²) in [5, 5.41) is 3.68. The molecule has 0 saturated carbocycles. The molecule has 3 nitrogen and oxygen atoms in total. The van der Waals surface area contributed by atoms with Crippen molar-refractivity contribution in [3.05, 3.63) is 29.8 Å². The SMILES string of the molecule is CCCC1CC(NCCc2ccc(OC)cc2)CCO1. The highest BCUT2D eigenvalue weighted by Gasteiger charge is 2.21. The van der Waals surface area contributed by atoms with E-state index < -0.39 is 0 Å². The molecule has 1 aromatic rings. The second-order valence-corrected chi connectivity index (χ2v) is 5.55. The van der Waals surface area contributed by atoms with E-state index in [-0.39, 0.29) is 0 Å². The Hall–Kier alpha value is -1.06. The fraction of sp³-hybridized carbons (Fsp3) is 0.647. The third kappa shape index (κ3) is 4.80. The van der Waals surface area contributed by atoms with E-state index >= 15 is 0 Å². The maximum absolute atomic E-state index is 5.78. The zero-order chi connectivity index (χ0) is 14.2. The first kappa shape index (κ1) is 15.3. The lowest BCUT2D eigenvalue weighted by molar-refractivity contribution is -0.00300. The van der Waals surface area contributed by atoms with E-state index in [1.54, 1.807) is 7.11 Å². The number of ether oxygens (including phenoxy) is 2. The molecule has 3 heteroatoms. The molecule has 0 aliphatic carbocycles. The monoisotopic (exact) mass is 277 g/mol. The van der Waals surface area contributed by atoms with E-state index in [1.165, 1.54) is 18.4 Å². The van der Waals surface area contributed by atoms with E-state index in [0.717, 1.165) is 38.2 Å². The van der Waals surface area contributed by atoms with E-state index in [9.17, 15) is 0 Å². The van der Waals surface area contributed by atoms with Gasteiger partial charge < -0.3 is 14.8 Å². The zero-order valence-corrected chi connectivity index (χ0v) is 12.7. The molecule has 1 heterocycles. The van der Waals surface area contributed by atoms with Crippen LogP contribution in [0.4, 0.5) is 0 Å². The lowest BCUT2D eigenvalue weighted by atomic mass is 10.00. The van der Waals surface area contributed by atoms with Gasteiger partial charge in [0, 0.05) is 12.6 Å². The normalized spacial score (nSPS) is 22.7. The summed E-state index contributed by atoms with van der Waals surface area (Å²) in [7, 11) is 1.70. The Kier molecular flexibility index (Phi) is 6.34. The second kappa shape index (κ2) is 8.28. The van der Waals surface area contributed by atoms with Crippen molar-refractivity contribution < 1.29 is 9.47 Å². The quantitative estimate of drug-likeness (QED) is 0.830. The van der Waals surface area contributed by atoms with Gasteiger partial charge in [-0.25, -0.2) is 0 Å². The molecule has 2 atom stereocenters. The first-order valence-corrected chi connectivity index (χ1v) is 7.79. The lowest BCUT2D eigenvalue weighted by Gasteiger charge is -2.30. The Balaban J connectivity index is 1.69. The van der Waals surface area contributed by atoms with Crippen molar-refractivity contribution in [2.45, 2.75) is 51.2 Å². The van der Waals surface area contributed by atoms with Crippen molar-refractivity contribution in [3.63, 3.8) is 0 Å². The van der Waals surface area contributed by atoms with Gasteiger partial charge in [-0.2, -0.15) is 0 Å². The van der Waals surface area contributed by atoms with Crippen molar-refractivity contribution in [2.75, 3.05) is 20.3 Å². The molecule has 0 bridgehead atoms. The lowest BCUT2D eigenvalue weighted by Crippen LogP contribution is -2.39. The summed E-state index contributed by atoms with van der Waals surface area (Å²) in [6, 6.07) is 8.97. The van der Waals surface area contributed by atoms with Crippen LogP contribution in [0.2, 0.25) is 0 Å². The van der Waals surface area contributed by atoms with Crippen LogP contribution in [0.3, 0.4) is 0 Å².